The summed E-state index contributed by atoms with van der Waals surface area (Å²) in [5.74, 6) is 2.27. The Bertz CT molecular complexity index is 1310. The molecular weight excluding hydrogens is 362 g/mol. The molecule has 0 radical (unpaired) electrons. The third-order valence-corrected chi connectivity index (χ3v) is 5.11. The van der Waals surface area contributed by atoms with Gasteiger partial charge in [-0.25, -0.2) is 0 Å². The van der Waals surface area contributed by atoms with Crippen molar-refractivity contribution >= 4 is 28.2 Å². The van der Waals surface area contributed by atoms with E-state index in [0.29, 0.717) is 5.78 Å². The SMILES string of the molecule is COc1ccc(-c2cccc(N(C)c3nc4nncn4c4ccccc34)c2)cc1. The van der Waals surface area contributed by atoms with Crippen LogP contribution in [0.5, 0.6) is 5.75 Å². The molecule has 0 aliphatic heterocycles. The normalized spacial score (nSPS) is 11.1. The highest BCUT2D eigenvalue weighted by Crippen LogP contribution is 2.32. The highest BCUT2D eigenvalue weighted by Gasteiger charge is 2.14. The standard InChI is InChI=1S/C23H19N5O/c1-27(18-7-5-6-17(14-18)16-10-12-19(29-2)13-11-16)22-20-8-3-4-9-21(20)28-15-24-26-23(28)25-22/h3-15H,1-2H3. The maximum absolute atomic E-state index is 5.26. The second kappa shape index (κ2) is 6.91. The van der Waals surface area contributed by atoms with E-state index in [2.05, 4.69) is 63.6 Å². The molecule has 0 saturated heterocycles. The van der Waals surface area contributed by atoms with Crippen molar-refractivity contribution in [3.05, 3.63) is 79.1 Å². The number of aromatic nitrogens is 4. The molecule has 0 atom stereocenters. The molecule has 142 valence electrons. The molecule has 0 saturated carbocycles. The van der Waals surface area contributed by atoms with Gasteiger partial charge in [0.15, 0.2) is 0 Å². The number of fused-ring (bicyclic) bond motifs is 3. The molecular formula is C23H19N5O. The summed E-state index contributed by atoms with van der Waals surface area (Å²) in [5.41, 5.74) is 4.33. The lowest BCUT2D eigenvalue weighted by molar-refractivity contribution is 0.415. The van der Waals surface area contributed by atoms with Gasteiger partial charge in [0.2, 0.25) is 0 Å². The maximum Gasteiger partial charge on any atom is 0.257 e. The number of methoxy groups -OCH3 is 1. The fourth-order valence-corrected chi connectivity index (χ4v) is 3.56. The molecule has 0 N–H and O–H groups in total. The number of nitrogens with zero attached hydrogens (tertiary/aromatic N) is 5. The summed E-state index contributed by atoms with van der Waals surface area (Å²) < 4.78 is 7.17. The Labute approximate surface area is 168 Å². The minimum Gasteiger partial charge on any atom is -0.497 e. The van der Waals surface area contributed by atoms with Crippen molar-refractivity contribution in [2.24, 2.45) is 0 Å². The van der Waals surface area contributed by atoms with Gasteiger partial charge in [-0.1, -0.05) is 36.4 Å². The van der Waals surface area contributed by atoms with E-state index in [1.54, 1.807) is 13.4 Å². The molecule has 6 nitrogen and oxygen atoms in total. The third-order valence-electron chi connectivity index (χ3n) is 5.11. The topological polar surface area (TPSA) is 55.5 Å². The second-order valence-electron chi connectivity index (χ2n) is 6.79. The van der Waals surface area contributed by atoms with E-state index in [0.717, 1.165) is 39.3 Å². The number of para-hydroxylation sites is 1. The molecule has 0 bridgehead atoms. The van der Waals surface area contributed by atoms with Gasteiger partial charge in [0.25, 0.3) is 5.78 Å². The molecule has 29 heavy (non-hydrogen) atoms. The molecule has 0 spiro atoms. The summed E-state index contributed by atoms with van der Waals surface area (Å²) in [7, 11) is 3.70. The number of hydrogen-bond donors (Lipinski definition) is 0. The van der Waals surface area contributed by atoms with Crippen molar-refractivity contribution in [3.63, 3.8) is 0 Å². The van der Waals surface area contributed by atoms with Gasteiger partial charge < -0.3 is 9.64 Å². The summed E-state index contributed by atoms with van der Waals surface area (Å²) in [6.45, 7) is 0. The molecule has 0 aliphatic carbocycles. The molecule has 0 amide bonds. The van der Waals surface area contributed by atoms with Gasteiger partial charge in [-0.3, -0.25) is 4.40 Å². The van der Waals surface area contributed by atoms with Gasteiger partial charge in [-0.2, -0.15) is 4.98 Å². The average Bonchev–Trinajstić information content (AvgIpc) is 3.27. The zero-order chi connectivity index (χ0) is 19.8. The first-order valence-electron chi connectivity index (χ1n) is 9.31. The van der Waals surface area contributed by atoms with E-state index in [1.165, 1.54) is 0 Å². The molecule has 2 aromatic heterocycles. The fraction of sp³-hybridized carbons (Fsp3) is 0.0870. The van der Waals surface area contributed by atoms with Crippen LogP contribution in [-0.4, -0.2) is 33.7 Å². The van der Waals surface area contributed by atoms with E-state index < -0.39 is 0 Å². The molecule has 5 rings (SSSR count). The monoisotopic (exact) mass is 381 g/mol. The van der Waals surface area contributed by atoms with E-state index in [-0.39, 0.29) is 0 Å². The fourth-order valence-electron chi connectivity index (χ4n) is 3.56. The Morgan fingerprint density at radius 3 is 2.55 bits per heavy atom. The van der Waals surface area contributed by atoms with E-state index >= 15 is 0 Å². The zero-order valence-electron chi connectivity index (χ0n) is 16.1. The summed E-state index contributed by atoms with van der Waals surface area (Å²) in [4.78, 5) is 6.85. The van der Waals surface area contributed by atoms with Crippen LogP contribution < -0.4 is 9.64 Å². The Morgan fingerprint density at radius 2 is 1.72 bits per heavy atom. The van der Waals surface area contributed by atoms with Crippen molar-refractivity contribution in [2.75, 3.05) is 19.1 Å². The van der Waals surface area contributed by atoms with Gasteiger partial charge in [0, 0.05) is 18.1 Å². The van der Waals surface area contributed by atoms with Crippen molar-refractivity contribution in [1.82, 2.24) is 19.6 Å². The van der Waals surface area contributed by atoms with Crippen LogP contribution in [0.1, 0.15) is 0 Å². The number of hydrogen-bond acceptors (Lipinski definition) is 5. The lowest BCUT2D eigenvalue weighted by Gasteiger charge is -2.21. The van der Waals surface area contributed by atoms with Gasteiger partial charge in [0.05, 0.1) is 12.6 Å². The van der Waals surface area contributed by atoms with Crippen LogP contribution in [0.25, 0.3) is 27.8 Å². The smallest absolute Gasteiger partial charge is 0.257 e. The first kappa shape index (κ1) is 17.2. The van der Waals surface area contributed by atoms with Crippen molar-refractivity contribution in [1.29, 1.82) is 0 Å². The van der Waals surface area contributed by atoms with Crippen molar-refractivity contribution in [2.45, 2.75) is 0 Å². The average molecular weight is 381 g/mol. The van der Waals surface area contributed by atoms with Crippen LogP contribution in [0, 0.1) is 0 Å². The maximum atomic E-state index is 5.26. The van der Waals surface area contributed by atoms with E-state index in [4.69, 9.17) is 9.72 Å². The predicted octanol–water partition coefficient (Wildman–Crippen LogP) is 4.72. The Hall–Kier alpha value is -3.93. The number of anilines is 2. The largest absolute Gasteiger partial charge is 0.497 e. The second-order valence-corrected chi connectivity index (χ2v) is 6.79. The third kappa shape index (κ3) is 2.95. The van der Waals surface area contributed by atoms with Crippen molar-refractivity contribution in [3.8, 4) is 16.9 Å². The first-order chi connectivity index (χ1) is 14.2. The Balaban J connectivity index is 1.61. The highest BCUT2D eigenvalue weighted by molar-refractivity contribution is 5.93. The predicted molar refractivity (Wildman–Crippen MR) is 115 cm³/mol. The molecule has 0 unspecified atom stereocenters. The number of ether oxygens (including phenoxy) is 1. The lowest BCUT2D eigenvalue weighted by atomic mass is 10.0. The van der Waals surface area contributed by atoms with Crippen LogP contribution in [0.2, 0.25) is 0 Å². The summed E-state index contributed by atoms with van der Waals surface area (Å²) in [6.07, 6.45) is 1.69. The summed E-state index contributed by atoms with van der Waals surface area (Å²) in [6, 6.07) is 24.6. The van der Waals surface area contributed by atoms with Gasteiger partial charge in [-0.15, -0.1) is 10.2 Å². The van der Waals surface area contributed by atoms with Crippen LogP contribution >= 0.6 is 0 Å². The first-order valence-corrected chi connectivity index (χ1v) is 9.31. The van der Waals surface area contributed by atoms with Gasteiger partial charge in [-0.05, 0) is 47.5 Å². The van der Waals surface area contributed by atoms with Crippen LogP contribution in [0.4, 0.5) is 11.5 Å². The summed E-state index contributed by atoms with van der Waals surface area (Å²) >= 11 is 0. The number of benzene rings is 3. The van der Waals surface area contributed by atoms with Crippen LogP contribution in [0.15, 0.2) is 79.1 Å². The van der Waals surface area contributed by atoms with Crippen molar-refractivity contribution < 1.29 is 4.74 Å². The van der Waals surface area contributed by atoms with Gasteiger partial charge >= 0.3 is 0 Å². The highest BCUT2D eigenvalue weighted by atomic mass is 16.5. The van der Waals surface area contributed by atoms with Gasteiger partial charge in [0.1, 0.15) is 17.9 Å². The molecule has 3 aromatic carbocycles. The molecule has 2 heterocycles. The molecule has 5 aromatic rings. The Morgan fingerprint density at radius 1 is 0.897 bits per heavy atom. The van der Waals surface area contributed by atoms with Crippen LogP contribution in [-0.2, 0) is 0 Å². The van der Waals surface area contributed by atoms with E-state index in [9.17, 15) is 0 Å². The molecule has 6 heteroatoms. The minimum absolute atomic E-state index is 0.580. The zero-order valence-corrected chi connectivity index (χ0v) is 16.1. The van der Waals surface area contributed by atoms with E-state index in [1.807, 2.05) is 35.7 Å². The molecule has 0 aliphatic rings. The Kier molecular flexibility index (Phi) is 4.09. The quantitative estimate of drug-likeness (QED) is 0.451. The molecule has 0 fully saturated rings. The van der Waals surface area contributed by atoms with Crippen LogP contribution in [0.3, 0.4) is 0 Å². The number of rotatable bonds is 4. The lowest BCUT2D eigenvalue weighted by Crippen LogP contribution is -2.13. The summed E-state index contributed by atoms with van der Waals surface area (Å²) in [5, 5.41) is 9.20. The minimum atomic E-state index is 0.580.